The molecule has 6 heteroatoms. The number of hydrogen-bond donors (Lipinski definition) is 2. The van der Waals surface area contributed by atoms with Crippen molar-refractivity contribution in [1.29, 1.82) is 5.26 Å². The Morgan fingerprint density at radius 3 is 3.06 bits per heavy atom. The summed E-state index contributed by atoms with van der Waals surface area (Å²) < 4.78 is 2.13. The Balaban J connectivity index is 2.52. The first kappa shape index (κ1) is 12.3. The van der Waals surface area contributed by atoms with E-state index in [2.05, 4.69) is 16.4 Å². The first-order valence-corrected chi connectivity index (χ1v) is 5.96. The molecule has 0 bridgehead atoms. The predicted octanol–water partition coefficient (Wildman–Crippen LogP) is 1.71. The van der Waals surface area contributed by atoms with Crippen LogP contribution in [0.2, 0.25) is 0 Å². The third kappa shape index (κ3) is 2.13. The monoisotopic (exact) mass is 260 g/mol. The number of para-hydroxylation sites is 1. The molecule has 1 aromatic heterocycles. The van der Waals surface area contributed by atoms with E-state index < -0.39 is 0 Å². The van der Waals surface area contributed by atoms with Crippen molar-refractivity contribution in [3.8, 4) is 6.07 Å². The van der Waals surface area contributed by atoms with Crippen molar-refractivity contribution in [2.24, 2.45) is 0 Å². The zero-order valence-electron chi connectivity index (χ0n) is 9.86. The summed E-state index contributed by atoms with van der Waals surface area (Å²) in [5, 5.41) is 11.7. The standard InChI is InChI=1S/C12H12N4OS/c1-2-14-10(17)7-16-9-5-3-4-8(6-13)11(9)15-12(16)18/h3-5H,2,7H2,1H3,(H,14,17)(H,15,18). The second kappa shape index (κ2) is 5.02. The Labute approximate surface area is 109 Å². The van der Waals surface area contributed by atoms with Gasteiger partial charge in [-0.2, -0.15) is 5.26 Å². The molecule has 1 aromatic carbocycles. The van der Waals surface area contributed by atoms with Crippen LogP contribution in [0, 0.1) is 16.1 Å². The maximum atomic E-state index is 11.6. The second-order valence-corrected chi connectivity index (χ2v) is 4.17. The largest absolute Gasteiger partial charge is 0.355 e. The third-order valence-electron chi connectivity index (χ3n) is 2.61. The number of amides is 1. The molecule has 0 saturated carbocycles. The highest BCUT2D eigenvalue weighted by Crippen LogP contribution is 2.17. The molecule has 0 aliphatic rings. The van der Waals surface area contributed by atoms with Crippen molar-refractivity contribution in [2.45, 2.75) is 13.5 Å². The maximum Gasteiger partial charge on any atom is 0.240 e. The lowest BCUT2D eigenvalue weighted by Gasteiger charge is -2.04. The van der Waals surface area contributed by atoms with Gasteiger partial charge in [0.25, 0.3) is 0 Å². The Morgan fingerprint density at radius 2 is 2.39 bits per heavy atom. The molecule has 92 valence electrons. The van der Waals surface area contributed by atoms with Gasteiger partial charge in [-0.1, -0.05) is 6.07 Å². The predicted molar refractivity (Wildman–Crippen MR) is 70.5 cm³/mol. The van der Waals surface area contributed by atoms with E-state index in [4.69, 9.17) is 17.5 Å². The number of nitrogens with zero attached hydrogens (tertiary/aromatic N) is 2. The normalized spacial score (nSPS) is 10.2. The van der Waals surface area contributed by atoms with Crippen LogP contribution in [0.25, 0.3) is 11.0 Å². The summed E-state index contributed by atoms with van der Waals surface area (Å²) in [6.45, 7) is 2.60. The Morgan fingerprint density at radius 1 is 1.61 bits per heavy atom. The van der Waals surface area contributed by atoms with Crippen molar-refractivity contribution in [3.05, 3.63) is 28.5 Å². The van der Waals surface area contributed by atoms with Gasteiger partial charge in [0.1, 0.15) is 12.6 Å². The first-order chi connectivity index (χ1) is 8.67. The number of aromatic amines is 1. The van der Waals surface area contributed by atoms with Crippen LogP contribution in [-0.4, -0.2) is 22.0 Å². The van der Waals surface area contributed by atoms with Crippen LogP contribution in [-0.2, 0) is 11.3 Å². The number of aromatic nitrogens is 2. The summed E-state index contributed by atoms with van der Waals surface area (Å²) in [6, 6.07) is 7.42. The molecule has 5 nitrogen and oxygen atoms in total. The quantitative estimate of drug-likeness (QED) is 0.825. The molecule has 0 aliphatic carbocycles. The molecular formula is C12H12N4OS. The molecular weight excluding hydrogens is 248 g/mol. The van der Waals surface area contributed by atoms with Crippen LogP contribution in [0.3, 0.4) is 0 Å². The highest BCUT2D eigenvalue weighted by atomic mass is 32.1. The van der Waals surface area contributed by atoms with Gasteiger partial charge in [0, 0.05) is 6.54 Å². The molecule has 0 aliphatic heterocycles. The summed E-state index contributed by atoms with van der Waals surface area (Å²) in [5.74, 6) is -0.100. The summed E-state index contributed by atoms with van der Waals surface area (Å²) in [5.41, 5.74) is 1.97. The molecule has 0 atom stereocenters. The van der Waals surface area contributed by atoms with Gasteiger partial charge in [-0.15, -0.1) is 0 Å². The number of imidazole rings is 1. The Hall–Kier alpha value is -2.13. The number of nitriles is 1. The van der Waals surface area contributed by atoms with E-state index in [-0.39, 0.29) is 12.5 Å². The highest BCUT2D eigenvalue weighted by Gasteiger charge is 2.10. The molecule has 0 saturated heterocycles. The topological polar surface area (TPSA) is 73.6 Å². The zero-order chi connectivity index (χ0) is 13.1. The summed E-state index contributed by atoms with van der Waals surface area (Å²) in [6.07, 6.45) is 0. The van der Waals surface area contributed by atoms with Gasteiger partial charge in [0.2, 0.25) is 5.91 Å². The molecule has 0 radical (unpaired) electrons. The Kier molecular flexibility index (Phi) is 3.44. The van der Waals surface area contributed by atoms with E-state index in [1.165, 1.54) is 0 Å². The van der Waals surface area contributed by atoms with Crippen LogP contribution in [0.1, 0.15) is 12.5 Å². The number of likely N-dealkylation sites (N-methyl/N-ethyl adjacent to an activating group) is 1. The van der Waals surface area contributed by atoms with Crippen molar-refractivity contribution in [1.82, 2.24) is 14.9 Å². The van der Waals surface area contributed by atoms with Crippen LogP contribution >= 0.6 is 12.2 Å². The van der Waals surface area contributed by atoms with Gasteiger partial charge in [0.15, 0.2) is 4.77 Å². The minimum absolute atomic E-state index is 0.100. The molecule has 1 amide bonds. The zero-order valence-corrected chi connectivity index (χ0v) is 10.7. The number of carbonyl (C=O) groups is 1. The van der Waals surface area contributed by atoms with Crippen LogP contribution in [0.4, 0.5) is 0 Å². The summed E-state index contributed by atoms with van der Waals surface area (Å²) >= 11 is 5.18. The van der Waals surface area contributed by atoms with Gasteiger partial charge in [0.05, 0.1) is 16.6 Å². The van der Waals surface area contributed by atoms with Crippen molar-refractivity contribution in [2.75, 3.05) is 6.54 Å². The number of H-pyrrole nitrogens is 1. The number of fused-ring (bicyclic) bond motifs is 1. The minimum Gasteiger partial charge on any atom is -0.355 e. The molecule has 0 unspecified atom stereocenters. The summed E-state index contributed by atoms with van der Waals surface area (Å²) in [7, 11) is 0. The van der Waals surface area contributed by atoms with Crippen LogP contribution in [0.15, 0.2) is 18.2 Å². The molecule has 1 heterocycles. The lowest BCUT2D eigenvalue weighted by atomic mass is 10.2. The van der Waals surface area contributed by atoms with E-state index in [1.54, 1.807) is 16.7 Å². The average Bonchev–Trinajstić information content (AvgIpc) is 2.66. The number of hydrogen-bond acceptors (Lipinski definition) is 3. The molecule has 2 N–H and O–H groups in total. The summed E-state index contributed by atoms with van der Waals surface area (Å²) in [4.78, 5) is 14.6. The van der Waals surface area contributed by atoms with Crippen molar-refractivity contribution in [3.63, 3.8) is 0 Å². The molecule has 2 aromatic rings. The minimum atomic E-state index is -0.100. The molecule has 18 heavy (non-hydrogen) atoms. The van der Waals surface area contributed by atoms with Gasteiger partial charge in [-0.25, -0.2) is 0 Å². The van der Waals surface area contributed by atoms with E-state index in [0.717, 1.165) is 5.52 Å². The second-order valence-electron chi connectivity index (χ2n) is 3.78. The molecule has 0 spiro atoms. The van der Waals surface area contributed by atoms with Gasteiger partial charge in [-0.3, -0.25) is 4.79 Å². The number of nitrogens with one attached hydrogen (secondary N) is 2. The maximum absolute atomic E-state index is 11.6. The van der Waals surface area contributed by atoms with E-state index in [1.807, 2.05) is 13.0 Å². The van der Waals surface area contributed by atoms with E-state index >= 15 is 0 Å². The van der Waals surface area contributed by atoms with Crippen molar-refractivity contribution < 1.29 is 4.79 Å². The van der Waals surface area contributed by atoms with E-state index in [0.29, 0.717) is 22.4 Å². The first-order valence-electron chi connectivity index (χ1n) is 5.55. The lowest BCUT2D eigenvalue weighted by Crippen LogP contribution is -2.27. The van der Waals surface area contributed by atoms with Gasteiger partial charge < -0.3 is 14.9 Å². The van der Waals surface area contributed by atoms with Crippen LogP contribution in [0.5, 0.6) is 0 Å². The Bertz CT molecular complexity index is 692. The third-order valence-corrected chi connectivity index (χ3v) is 2.93. The average molecular weight is 260 g/mol. The fourth-order valence-corrected chi connectivity index (χ4v) is 2.09. The van der Waals surface area contributed by atoms with Crippen molar-refractivity contribution >= 4 is 29.2 Å². The smallest absolute Gasteiger partial charge is 0.240 e. The van der Waals surface area contributed by atoms with Gasteiger partial charge in [-0.05, 0) is 31.3 Å². The lowest BCUT2D eigenvalue weighted by molar-refractivity contribution is -0.121. The van der Waals surface area contributed by atoms with Gasteiger partial charge >= 0.3 is 0 Å². The van der Waals surface area contributed by atoms with E-state index in [9.17, 15) is 4.79 Å². The molecule has 0 fully saturated rings. The highest BCUT2D eigenvalue weighted by molar-refractivity contribution is 7.71. The number of rotatable bonds is 3. The number of carbonyl (C=O) groups excluding carboxylic acids is 1. The number of benzene rings is 1. The van der Waals surface area contributed by atoms with Crippen LogP contribution < -0.4 is 5.32 Å². The fraction of sp³-hybridized carbons (Fsp3) is 0.250. The SMILES string of the molecule is CCNC(=O)Cn1c(=S)[nH]c2c(C#N)cccc21. The fourth-order valence-electron chi connectivity index (χ4n) is 1.83. The molecule has 2 rings (SSSR count).